The Hall–Kier alpha value is -2.95. The number of fused-ring (bicyclic) bond motifs is 1. The summed E-state index contributed by atoms with van der Waals surface area (Å²) in [5.74, 6) is -1.22. The number of carbonyl (C=O) groups excluding carboxylic acids is 2. The average Bonchev–Trinajstić information content (AvgIpc) is 2.96. The number of ether oxygens (including phenoxy) is 2. The predicted octanol–water partition coefficient (Wildman–Crippen LogP) is -0.838. The SMILES string of the molecule is CC(=O)OCC(CCn1cnc2c(=O)[nH]c(N)nc21)COC(=O)[C@H](C)N. The molecular weight excluding hydrogens is 344 g/mol. The summed E-state index contributed by atoms with van der Waals surface area (Å²) >= 11 is 0. The van der Waals surface area contributed by atoms with Crippen molar-refractivity contribution in [1.82, 2.24) is 19.5 Å². The normalized spacial score (nSPS) is 13.3. The number of nitrogens with one attached hydrogen (secondary N) is 1. The van der Waals surface area contributed by atoms with E-state index >= 15 is 0 Å². The van der Waals surface area contributed by atoms with Crippen LogP contribution in [0, 0.1) is 5.92 Å². The third kappa shape index (κ3) is 5.02. The standard InChI is InChI=1S/C15H22N6O5/c1-8(16)14(24)26-6-10(5-25-9(2)22)3-4-21-7-18-11-12(21)19-15(17)20-13(11)23/h7-8,10H,3-6,16H2,1-2H3,(H3,17,19,20,23)/t8-,10?/m0/s1. The van der Waals surface area contributed by atoms with Gasteiger partial charge < -0.3 is 25.5 Å². The van der Waals surface area contributed by atoms with Crippen molar-refractivity contribution in [2.75, 3.05) is 18.9 Å². The molecule has 11 heteroatoms. The van der Waals surface area contributed by atoms with Crippen LogP contribution in [0.3, 0.4) is 0 Å². The summed E-state index contributed by atoms with van der Waals surface area (Å²) in [5, 5.41) is 0. The number of anilines is 1. The number of aromatic nitrogens is 4. The Labute approximate surface area is 148 Å². The van der Waals surface area contributed by atoms with Gasteiger partial charge in [0.15, 0.2) is 11.2 Å². The van der Waals surface area contributed by atoms with Gasteiger partial charge in [0.25, 0.3) is 5.56 Å². The van der Waals surface area contributed by atoms with E-state index in [0.29, 0.717) is 18.6 Å². The molecule has 0 amide bonds. The number of H-pyrrole nitrogens is 1. The van der Waals surface area contributed by atoms with E-state index in [1.165, 1.54) is 20.2 Å². The molecule has 1 unspecified atom stereocenters. The molecule has 11 nitrogen and oxygen atoms in total. The molecule has 0 aromatic carbocycles. The zero-order valence-electron chi connectivity index (χ0n) is 14.6. The highest BCUT2D eigenvalue weighted by atomic mass is 16.5. The molecule has 0 bridgehead atoms. The van der Waals surface area contributed by atoms with Crippen LogP contribution >= 0.6 is 0 Å². The van der Waals surface area contributed by atoms with Crippen molar-refractivity contribution in [3.05, 3.63) is 16.7 Å². The monoisotopic (exact) mass is 366 g/mol. The molecule has 0 aliphatic carbocycles. The number of esters is 2. The number of nitrogens with zero attached hydrogens (tertiary/aromatic N) is 3. The molecule has 2 aromatic heterocycles. The summed E-state index contributed by atoms with van der Waals surface area (Å²) in [4.78, 5) is 44.9. The van der Waals surface area contributed by atoms with Crippen molar-refractivity contribution in [2.24, 2.45) is 11.7 Å². The average molecular weight is 366 g/mol. The van der Waals surface area contributed by atoms with Gasteiger partial charge >= 0.3 is 11.9 Å². The lowest BCUT2D eigenvalue weighted by Gasteiger charge is -2.18. The number of carbonyl (C=O) groups is 2. The lowest BCUT2D eigenvalue weighted by atomic mass is 10.1. The van der Waals surface area contributed by atoms with Crippen molar-refractivity contribution < 1.29 is 19.1 Å². The second-order valence-corrected chi connectivity index (χ2v) is 5.94. The maximum Gasteiger partial charge on any atom is 0.322 e. The van der Waals surface area contributed by atoms with Crippen LogP contribution in [0.5, 0.6) is 0 Å². The van der Waals surface area contributed by atoms with E-state index in [4.69, 9.17) is 20.9 Å². The van der Waals surface area contributed by atoms with Gasteiger partial charge in [0.05, 0.1) is 19.5 Å². The number of rotatable bonds is 8. The van der Waals surface area contributed by atoms with Crippen LogP contribution in [-0.2, 0) is 25.6 Å². The largest absolute Gasteiger partial charge is 0.465 e. The molecule has 0 aliphatic heterocycles. The second kappa shape index (κ2) is 8.43. The van der Waals surface area contributed by atoms with Gasteiger partial charge in [-0.2, -0.15) is 4.98 Å². The Morgan fingerprint density at radius 2 is 2.04 bits per heavy atom. The van der Waals surface area contributed by atoms with Crippen molar-refractivity contribution in [1.29, 1.82) is 0 Å². The Morgan fingerprint density at radius 3 is 2.69 bits per heavy atom. The molecule has 2 heterocycles. The van der Waals surface area contributed by atoms with E-state index in [0.717, 1.165) is 0 Å². The topological polar surface area (TPSA) is 168 Å². The van der Waals surface area contributed by atoms with Gasteiger partial charge in [-0.25, -0.2) is 4.98 Å². The molecule has 2 aromatic rings. The van der Waals surface area contributed by atoms with Gasteiger partial charge in [0, 0.05) is 19.4 Å². The molecule has 5 N–H and O–H groups in total. The van der Waals surface area contributed by atoms with Crippen molar-refractivity contribution in [3.63, 3.8) is 0 Å². The van der Waals surface area contributed by atoms with Crippen LogP contribution in [0.1, 0.15) is 20.3 Å². The summed E-state index contributed by atoms with van der Waals surface area (Å²) in [6.07, 6.45) is 1.96. The first-order valence-corrected chi connectivity index (χ1v) is 8.04. The van der Waals surface area contributed by atoms with Crippen LogP contribution in [0.4, 0.5) is 5.95 Å². The number of nitrogen functional groups attached to an aromatic ring is 1. The minimum absolute atomic E-state index is 0.00780. The zero-order valence-corrected chi connectivity index (χ0v) is 14.6. The molecule has 0 radical (unpaired) electrons. The molecule has 0 aliphatic rings. The Kier molecular flexibility index (Phi) is 6.28. The highest BCUT2D eigenvalue weighted by molar-refractivity contribution is 5.74. The first-order chi connectivity index (χ1) is 12.3. The second-order valence-electron chi connectivity index (χ2n) is 5.94. The minimum atomic E-state index is -0.735. The van der Waals surface area contributed by atoms with E-state index in [9.17, 15) is 14.4 Å². The number of aromatic amines is 1. The van der Waals surface area contributed by atoms with E-state index in [1.54, 1.807) is 4.57 Å². The van der Waals surface area contributed by atoms with Gasteiger partial charge in [-0.1, -0.05) is 0 Å². The van der Waals surface area contributed by atoms with Gasteiger partial charge in [0.2, 0.25) is 5.95 Å². The Morgan fingerprint density at radius 1 is 1.35 bits per heavy atom. The molecule has 2 atom stereocenters. The third-order valence-corrected chi connectivity index (χ3v) is 3.63. The van der Waals surface area contributed by atoms with Crippen LogP contribution in [0.25, 0.3) is 11.2 Å². The fourth-order valence-corrected chi connectivity index (χ4v) is 2.24. The summed E-state index contributed by atoms with van der Waals surface area (Å²) in [6.45, 7) is 3.37. The van der Waals surface area contributed by atoms with Crippen molar-refractivity contribution >= 4 is 29.1 Å². The highest BCUT2D eigenvalue weighted by Gasteiger charge is 2.17. The van der Waals surface area contributed by atoms with Crippen LogP contribution in [-0.4, -0.2) is 50.7 Å². The van der Waals surface area contributed by atoms with E-state index in [-0.39, 0.29) is 30.6 Å². The van der Waals surface area contributed by atoms with E-state index < -0.39 is 23.5 Å². The number of hydrogen-bond donors (Lipinski definition) is 3. The molecule has 26 heavy (non-hydrogen) atoms. The molecular formula is C15H22N6O5. The molecule has 0 spiro atoms. The lowest BCUT2D eigenvalue weighted by molar-refractivity contribution is -0.148. The van der Waals surface area contributed by atoms with E-state index in [1.807, 2.05) is 0 Å². The smallest absolute Gasteiger partial charge is 0.322 e. The Bertz CT molecular complexity index is 843. The van der Waals surface area contributed by atoms with Crippen LogP contribution < -0.4 is 17.0 Å². The molecule has 142 valence electrons. The summed E-state index contributed by atoms with van der Waals surface area (Å²) in [5.41, 5.74) is 11.1. The number of nitrogens with two attached hydrogens (primary N) is 2. The third-order valence-electron chi connectivity index (χ3n) is 3.63. The first kappa shape index (κ1) is 19.4. The van der Waals surface area contributed by atoms with Gasteiger partial charge in [-0.05, 0) is 13.3 Å². The fraction of sp³-hybridized carbons (Fsp3) is 0.533. The van der Waals surface area contributed by atoms with Crippen molar-refractivity contribution in [2.45, 2.75) is 32.9 Å². The molecule has 2 rings (SSSR count). The van der Waals surface area contributed by atoms with Crippen LogP contribution in [0.2, 0.25) is 0 Å². The number of aryl methyl sites for hydroxylation is 1. The molecule has 0 fully saturated rings. The number of imidazole rings is 1. The van der Waals surface area contributed by atoms with Gasteiger partial charge in [-0.3, -0.25) is 19.4 Å². The fourth-order valence-electron chi connectivity index (χ4n) is 2.24. The lowest BCUT2D eigenvalue weighted by Crippen LogP contribution is -2.31. The van der Waals surface area contributed by atoms with Gasteiger partial charge in [0.1, 0.15) is 6.04 Å². The minimum Gasteiger partial charge on any atom is -0.465 e. The quantitative estimate of drug-likeness (QED) is 0.504. The van der Waals surface area contributed by atoms with Crippen LogP contribution in [0.15, 0.2) is 11.1 Å². The molecule has 0 saturated carbocycles. The zero-order chi connectivity index (χ0) is 19.3. The van der Waals surface area contributed by atoms with Crippen molar-refractivity contribution in [3.8, 4) is 0 Å². The summed E-state index contributed by atoms with van der Waals surface area (Å²) in [6, 6.07) is -0.735. The summed E-state index contributed by atoms with van der Waals surface area (Å²) < 4.78 is 11.8. The first-order valence-electron chi connectivity index (χ1n) is 8.04. The predicted molar refractivity (Wildman–Crippen MR) is 91.9 cm³/mol. The maximum atomic E-state index is 11.8. The summed E-state index contributed by atoms with van der Waals surface area (Å²) in [7, 11) is 0. The molecule has 0 saturated heterocycles. The maximum absolute atomic E-state index is 11.8. The Balaban J connectivity index is 2.06. The highest BCUT2D eigenvalue weighted by Crippen LogP contribution is 2.12. The van der Waals surface area contributed by atoms with Gasteiger partial charge in [-0.15, -0.1) is 0 Å². The number of hydrogen-bond acceptors (Lipinski definition) is 9. The van der Waals surface area contributed by atoms with E-state index in [2.05, 4.69) is 15.0 Å².